The summed E-state index contributed by atoms with van der Waals surface area (Å²) in [5.41, 5.74) is 5.03. The number of hydrogen-bond acceptors (Lipinski definition) is 4. The largest absolute Gasteiger partial charge is 0.270 e. The second kappa shape index (κ2) is 8.43. The fourth-order valence-electron chi connectivity index (χ4n) is 2.80. The summed E-state index contributed by atoms with van der Waals surface area (Å²) >= 11 is 3.37. The lowest BCUT2D eigenvalue weighted by molar-refractivity contribution is 1.24. The molecule has 5 heteroatoms. The fourth-order valence-corrected chi connectivity index (χ4v) is 4.39. The van der Waals surface area contributed by atoms with Gasteiger partial charge in [-0.05, 0) is 61.0 Å². The van der Waals surface area contributed by atoms with Crippen LogP contribution >= 0.6 is 23.3 Å². The predicted octanol–water partition coefficient (Wildman–Crippen LogP) is 6.83. The highest BCUT2D eigenvalue weighted by Crippen LogP contribution is 2.37. The summed E-state index contributed by atoms with van der Waals surface area (Å²) in [6, 6.07) is 14.7. The standard InChI is InChI=1S/C20H15N3S2.C2H6/c1-13-3-5-16(6-4-13)25-23-12-19(17-7-8-24-14(17)2)18-9-15(10-21)11-22-20(18)23;1-2/h3-9,11-12H,1-2H3;1-2H3. The van der Waals surface area contributed by atoms with Gasteiger partial charge in [-0.2, -0.15) is 5.26 Å². The molecule has 4 rings (SSSR count). The molecule has 0 unspecified atom stereocenters. The number of fused-ring (bicyclic) bond motifs is 1. The molecule has 0 N–H and O–H groups in total. The van der Waals surface area contributed by atoms with Gasteiger partial charge < -0.3 is 0 Å². The number of rotatable bonds is 3. The van der Waals surface area contributed by atoms with Crippen LogP contribution in [0.4, 0.5) is 0 Å². The maximum Gasteiger partial charge on any atom is 0.150 e. The van der Waals surface area contributed by atoms with Crippen LogP contribution in [0.25, 0.3) is 22.2 Å². The van der Waals surface area contributed by atoms with Crippen molar-refractivity contribution in [2.45, 2.75) is 32.6 Å². The molecule has 3 aromatic heterocycles. The third kappa shape index (κ3) is 3.92. The first-order valence-electron chi connectivity index (χ1n) is 8.86. The van der Waals surface area contributed by atoms with Gasteiger partial charge in [-0.25, -0.2) is 4.98 Å². The van der Waals surface area contributed by atoms with Crippen molar-refractivity contribution in [3.8, 4) is 17.2 Å². The minimum atomic E-state index is 0.583. The average molecular weight is 392 g/mol. The molecular weight excluding hydrogens is 370 g/mol. The summed E-state index contributed by atoms with van der Waals surface area (Å²) in [6.07, 6.45) is 3.76. The summed E-state index contributed by atoms with van der Waals surface area (Å²) in [5, 5.41) is 12.4. The molecule has 0 saturated carbocycles. The second-order valence-electron chi connectivity index (χ2n) is 5.87. The number of aryl methyl sites for hydroxylation is 2. The van der Waals surface area contributed by atoms with E-state index in [1.165, 1.54) is 16.0 Å². The summed E-state index contributed by atoms with van der Waals surface area (Å²) in [7, 11) is 0. The van der Waals surface area contributed by atoms with Crippen LogP contribution in [0.15, 0.2) is 59.1 Å². The fraction of sp³-hybridized carbons (Fsp3) is 0.182. The second-order valence-corrected chi connectivity index (χ2v) is 8.04. The number of benzene rings is 1. The molecule has 0 aliphatic rings. The molecule has 3 nitrogen and oxygen atoms in total. The van der Waals surface area contributed by atoms with Crippen LogP contribution in [0.5, 0.6) is 0 Å². The van der Waals surface area contributed by atoms with Crippen molar-refractivity contribution >= 4 is 34.3 Å². The van der Waals surface area contributed by atoms with E-state index in [1.54, 1.807) is 29.5 Å². The molecule has 27 heavy (non-hydrogen) atoms. The molecule has 0 atom stereocenters. The molecule has 0 spiro atoms. The van der Waals surface area contributed by atoms with Gasteiger partial charge in [0.25, 0.3) is 0 Å². The molecule has 0 saturated heterocycles. The maximum atomic E-state index is 9.24. The van der Waals surface area contributed by atoms with Crippen molar-refractivity contribution in [3.05, 3.63) is 70.2 Å². The van der Waals surface area contributed by atoms with Gasteiger partial charge in [0.1, 0.15) is 6.07 Å². The van der Waals surface area contributed by atoms with Crippen molar-refractivity contribution in [1.29, 1.82) is 5.26 Å². The normalized spacial score (nSPS) is 10.3. The number of pyridine rings is 1. The van der Waals surface area contributed by atoms with Crippen molar-refractivity contribution in [2.24, 2.45) is 0 Å². The van der Waals surface area contributed by atoms with E-state index in [4.69, 9.17) is 0 Å². The van der Waals surface area contributed by atoms with E-state index in [9.17, 15) is 5.26 Å². The molecule has 0 fully saturated rings. The number of thiophene rings is 1. The van der Waals surface area contributed by atoms with E-state index in [0.717, 1.165) is 21.5 Å². The van der Waals surface area contributed by atoms with Crippen molar-refractivity contribution in [3.63, 3.8) is 0 Å². The first-order valence-corrected chi connectivity index (χ1v) is 10.5. The highest BCUT2D eigenvalue weighted by molar-refractivity contribution is 7.98. The highest BCUT2D eigenvalue weighted by atomic mass is 32.2. The van der Waals surface area contributed by atoms with Gasteiger partial charge in [-0.1, -0.05) is 31.5 Å². The molecule has 0 aliphatic heterocycles. The van der Waals surface area contributed by atoms with Gasteiger partial charge in [-0.15, -0.1) is 11.3 Å². The summed E-state index contributed by atoms with van der Waals surface area (Å²) in [4.78, 5) is 6.97. The van der Waals surface area contributed by atoms with E-state index in [-0.39, 0.29) is 0 Å². The molecule has 0 amide bonds. The first-order chi connectivity index (χ1) is 13.2. The molecule has 136 valence electrons. The van der Waals surface area contributed by atoms with E-state index in [2.05, 4.69) is 70.8 Å². The summed E-state index contributed by atoms with van der Waals surface area (Å²) < 4.78 is 2.09. The van der Waals surface area contributed by atoms with Crippen molar-refractivity contribution < 1.29 is 0 Å². The molecule has 0 bridgehead atoms. The SMILES string of the molecule is CC.Cc1ccc(Sn2cc(-c3ccsc3C)c3cc(C#N)cnc32)cc1. The van der Waals surface area contributed by atoms with Crippen LogP contribution < -0.4 is 0 Å². The Morgan fingerprint density at radius 1 is 1.07 bits per heavy atom. The van der Waals surface area contributed by atoms with E-state index in [1.807, 2.05) is 19.9 Å². The first kappa shape index (κ1) is 19.2. The zero-order chi connectivity index (χ0) is 19.4. The molecule has 1 aromatic carbocycles. The van der Waals surface area contributed by atoms with Crippen molar-refractivity contribution in [2.75, 3.05) is 0 Å². The lowest BCUT2D eigenvalue weighted by atomic mass is 10.1. The maximum absolute atomic E-state index is 9.24. The minimum absolute atomic E-state index is 0.583. The van der Waals surface area contributed by atoms with Crippen LogP contribution in [0.1, 0.15) is 29.9 Å². The van der Waals surface area contributed by atoms with E-state index in [0.29, 0.717) is 5.56 Å². The summed E-state index contributed by atoms with van der Waals surface area (Å²) in [5.74, 6) is 0. The van der Waals surface area contributed by atoms with Crippen LogP contribution in [0.3, 0.4) is 0 Å². The summed E-state index contributed by atoms with van der Waals surface area (Å²) in [6.45, 7) is 8.21. The Labute approximate surface area is 168 Å². The predicted molar refractivity (Wildman–Crippen MR) is 116 cm³/mol. The van der Waals surface area contributed by atoms with Crippen LogP contribution in [-0.4, -0.2) is 8.96 Å². The average Bonchev–Trinajstić information content (AvgIpc) is 3.28. The van der Waals surface area contributed by atoms with Crippen LogP contribution in [0, 0.1) is 25.2 Å². The lowest BCUT2D eigenvalue weighted by Gasteiger charge is -2.04. The Morgan fingerprint density at radius 2 is 1.81 bits per heavy atom. The van der Waals surface area contributed by atoms with E-state index >= 15 is 0 Å². The van der Waals surface area contributed by atoms with Gasteiger partial charge in [-0.3, -0.25) is 3.97 Å². The van der Waals surface area contributed by atoms with Gasteiger partial charge >= 0.3 is 0 Å². The monoisotopic (exact) mass is 391 g/mol. The number of nitrogens with zero attached hydrogens (tertiary/aromatic N) is 3. The van der Waals surface area contributed by atoms with Gasteiger partial charge in [0.2, 0.25) is 0 Å². The minimum Gasteiger partial charge on any atom is -0.270 e. The molecule has 3 heterocycles. The van der Waals surface area contributed by atoms with E-state index < -0.39 is 0 Å². The van der Waals surface area contributed by atoms with Gasteiger partial charge in [0.15, 0.2) is 5.65 Å². The molecule has 4 aromatic rings. The lowest BCUT2D eigenvalue weighted by Crippen LogP contribution is -1.88. The molecule has 0 radical (unpaired) electrons. The zero-order valence-corrected chi connectivity index (χ0v) is 17.5. The Hall–Kier alpha value is -2.55. The van der Waals surface area contributed by atoms with Crippen molar-refractivity contribution in [1.82, 2.24) is 8.96 Å². The number of nitriles is 1. The zero-order valence-electron chi connectivity index (χ0n) is 15.9. The Bertz CT molecular complexity index is 1100. The molecule has 0 aliphatic carbocycles. The van der Waals surface area contributed by atoms with Crippen LogP contribution in [0.2, 0.25) is 0 Å². The third-order valence-corrected chi connectivity index (χ3v) is 5.92. The third-order valence-electron chi connectivity index (χ3n) is 4.11. The van der Waals surface area contributed by atoms with Gasteiger partial charge in [0.05, 0.1) is 5.56 Å². The number of hydrogen-bond donors (Lipinski definition) is 0. The Morgan fingerprint density at radius 3 is 2.44 bits per heavy atom. The highest BCUT2D eigenvalue weighted by Gasteiger charge is 2.15. The Balaban J connectivity index is 0.00000102. The quantitative estimate of drug-likeness (QED) is 0.384. The van der Waals surface area contributed by atoms with Crippen LogP contribution in [-0.2, 0) is 0 Å². The smallest absolute Gasteiger partial charge is 0.150 e. The van der Waals surface area contributed by atoms with Gasteiger partial charge in [0, 0.05) is 33.1 Å². The Kier molecular flexibility index (Phi) is 6.00. The number of aromatic nitrogens is 2. The molecular formula is C22H21N3S2. The topological polar surface area (TPSA) is 41.6 Å².